The molecule has 1 aromatic carbocycles. The van der Waals surface area contributed by atoms with E-state index in [9.17, 15) is 4.55 Å². The Morgan fingerprint density at radius 2 is 2.18 bits per heavy atom. The molecule has 92 valence electrons. The van der Waals surface area contributed by atoms with Gasteiger partial charge in [0.25, 0.3) is 0 Å². The third-order valence-electron chi connectivity index (χ3n) is 2.53. The van der Waals surface area contributed by atoms with Gasteiger partial charge in [-0.2, -0.15) is 0 Å². The Bertz CT molecular complexity index is 438. The minimum Gasteiger partial charge on any atom is -0.591 e. The smallest absolute Gasteiger partial charge is 0.144 e. The quantitative estimate of drug-likeness (QED) is 0.599. The molecule has 3 nitrogen and oxygen atoms in total. The molecule has 0 bridgehead atoms. The number of hydrogen-bond donors (Lipinski definition) is 0. The zero-order valence-corrected chi connectivity index (χ0v) is 11.2. The van der Waals surface area contributed by atoms with E-state index >= 15 is 0 Å². The highest BCUT2D eigenvalue weighted by molar-refractivity contribution is 7.91. The highest BCUT2D eigenvalue weighted by Gasteiger charge is 2.25. The molecule has 17 heavy (non-hydrogen) atoms. The number of ether oxygens (including phenoxy) is 1. The molecular weight excluding hydrogens is 234 g/mol. The van der Waals surface area contributed by atoms with Crippen molar-refractivity contribution < 1.29 is 9.29 Å². The topological polar surface area (TPSA) is 44.7 Å². The van der Waals surface area contributed by atoms with Gasteiger partial charge in [-0.05, 0) is 50.1 Å². The fourth-order valence-electron chi connectivity index (χ4n) is 1.55. The Balaban J connectivity index is 2.12. The fourth-order valence-corrected chi connectivity index (χ4v) is 2.09. The van der Waals surface area contributed by atoms with Gasteiger partial charge in [0.15, 0.2) is 0 Å². The van der Waals surface area contributed by atoms with E-state index in [4.69, 9.17) is 4.74 Å². The normalized spacial score (nSPS) is 16.9. The van der Waals surface area contributed by atoms with Crippen molar-refractivity contribution in [2.75, 3.05) is 6.61 Å². The Morgan fingerprint density at radius 1 is 1.41 bits per heavy atom. The summed E-state index contributed by atoms with van der Waals surface area (Å²) in [5.41, 5.74) is 2.18. The van der Waals surface area contributed by atoms with Crippen LogP contribution >= 0.6 is 0 Å². The van der Waals surface area contributed by atoms with Crippen molar-refractivity contribution >= 4 is 17.6 Å². The van der Waals surface area contributed by atoms with Crippen LogP contribution in [-0.2, 0) is 17.8 Å². The van der Waals surface area contributed by atoms with Crippen molar-refractivity contribution in [3.8, 4) is 5.75 Å². The van der Waals surface area contributed by atoms with Crippen LogP contribution in [0.1, 0.15) is 31.9 Å². The summed E-state index contributed by atoms with van der Waals surface area (Å²) in [4.78, 5) is 0. The predicted molar refractivity (Wildman–Crippen MR) is 71.1 cm³/mol. The highest BCUT2D eigenvalue weighted by Crippen LogP contribution is 2.25. The van der Waals surface area contributed by atoms with Gasteiger partial charge in [0.05, 0.1) is 12.8 Å². The molecular formula is C13H17NO2S. The van der Waals surface area contributed by atoms with E-state index in [1.54, 1.807) is 6.21 Å². The molecule has 0 unspecified atom stereocenters. The van der Waals surface area contributed by atoms with Crippen LogP contribution in [0.4, 0.5) is 0 Å². The third kappa shape index (κ3) is 3.01. The van der Waals surface area contributed by atoms with Crippen LogP contribution in [0, 0.1) is 0 Å². The van der Waals surface area contributed by atoms with E-state index in [1.165, 1.54) is 5.56 Å². The minimum absolute atomic E-state index is 0.309. The van der Waals surface area contributed by atoms with Gasteiger partial charge < -0.3 is 9.29 Å². The maximum atomic E-state index is 11.8. The summed E-state index contributed by atoms with van der Waals surface area (Å²) >= 11 is -1.20. The van der Waals surface area contributed by atoms with Crippen molar-refractivity contribution in [2.24, 2.45) is 4.40 Å². The maximum absolute atomic E-state index is 11.8. The Kier molecular flexibility index (Phi) is 3.45. The van der Waals surface area contributed by atoms with Crippen molar-refractivity contribution in [3.05, 3.63) is 29.3 Å². The summed E-state index contributed by atoms with van der Waals surface area (Å²) in [5.74, 6) is 0.957. The Hall–Kier alpha value is -1.00. The van der Waals surface area contributed by atoms with E-state index in [0.29, 0.717) is 0 Å². The SMILES string of the molecule is CC(C)(C)[S@@+]([O-])N=Cc1ccc2c(c1)CCO2. The van der Waals surface area contributed by atoms with Gasteiger partial charge in [-0.25, -0.2) is 0 Å². The number of fused-ring (bicyclic) bond motifs is 1. The van der Waals surface area contributed by atoms with Crippen LogP contribution in [0.3, 0.4) is 0 Å². The second kappa shape index (κ2) is 4.70. The van der Waals surface area contributed by atoms with Crippen LogP contribution < -0.4 is 4.74 Å². The van der Waals surface area contributed by atoms with E-state index in [-0.39, 0.29) is 4.75 Å². The predicted octanol–water partition coefficient (Wildman–Crippen LogP) is 2.50. The molecule has 0 saturated carbocycles. The molecule has 1 aliphatic heterocycles. The summed E-state index contributed by atoms with van der Waals surface area (Å²) in [6.07, 6.45) is 2.62. The molecule has 0 aromatic heterocycles. The number of hydrogen-bond acceptors (Lipinski definition) is 3. The lowest BCUT2D eigenvalue weighted by Gasteiger charge is -2.17. The van der Waals surface area contributed by atoms with Gasteiger partial charge in [-0.1, -0.05) is 4.40 Å². The summed E-state index contributed by atoms with van der Waals surface area (Å²) in [6.45, 7) is 6.49. The molecule has 0 radical (unpaired) electrons. The first kappa shape index (κ1) is 12.5. The summed E-state index contributed by atoms with van der Waals surface area (Å²) in [6, 6.07) is 5.93. The van der Waals surface area contributed by atoms with Crippen LogP contribution in [0.2, 0.25) is 0 Å². The lowest BCUT2D eigenvalue weighted by molar-refractivity contribution is 0.357. The molecule has 1 atom stereocenters. The van der Waals surface area contributed by atoms with E-state index in [0.717, 1.165) is 24.3 Å². The third-order valence-corrected chi connectivity index (χ3v) is 3.88. The fraction of sp³-hybridized carbons (Fsp3) is 0.462. The second-order valence-corrected chi connectivity index (χ2v) is 7.00. The zero-order chi connectivity index (χ0) is 12.5. The first-order valence-electron chi connectivity index (χ1n) is 5.68. The molecule has 0 spiro atoms. The van der Waals surface area contributed by atoms with Crippen molar-refractivity contribution in [1.82, 2.24) is 0 Å². The van der Waals surface area contributed by atoms with E-state index in [2.05, 4.69) is 4.40 Å². The average molecular weight is 251 g/mol. The molecule has 1 aromatic rings. The molecule has 2 rings (SSSR count). The van der Waals surface area contributed by atoms with Crippen molar-refractivity contribution in [2.45, 2.75) is 31.9 Å². The van der Waals surface area contributed by atoms with Gasteiger partial charge in [0.2, 0.25) is 0 Å². The van der Waals surface area contributed by atoms with E-state index in [1.807, 2.05) is 39.0 Å². The van der Waals surface area contributed by atoms with Gasteiger partial charge in [-0.15, -0.1) is 0 Å². The van der Waals surface area contributed by atoms with Crippen molar-refractivity contribution in [3.63, 3.8) is 0 Å². The lowest BCUT2D eigenvalue weighted by atomic mass is 10.1. The maximum Gasteiger partial charge on any atom is 0.144 e. The van der Waals surface area contributed by atoms with Crippen LogP contribution in [0.15, 0.2) is 22.6 Å². The first-order valence-corrected chi connectivity index (χ1v) is 6.79. The molecule has 1 heterocycles. The molecule has 0 fully saturated rings. The van der Waals surface area contributed by atoms with Crippen LogP contribution in [0.25, 0.3) is 0 Å². The Morgan fingerprint density at radius 3 is 2.88 bits per heavy atom. The van der Waals surface area contributed by atoms with Crippen molar-refractivity contribution in [1.29, 1.82) is 0 Å². The van der Waals surface area contributed by atoms with Gasteiger partial charge >= 0.3 is 0 Å². The number of rotatable bonds is 2. The standard InChI is InChI=1S/C13H17NO2S/c1-13(2,3)17(15)14-9-10-4-5-12-11(8-10)6-7-16-12/h4-5,8-9H,6-7H2,1-3H3/t17-/m1/s1. The lowest BCUT2D eigenvalue weighted by Crippen LogP contribution is -2.25. The van der Waals surface area contributed by atoms with Crippen LogP contribution in [-0.4, -0.2) is 22.1 Å². The number of benzene rings is 1. The highest BCUT2D eigenvalue weighted by atomic mass is 32.2. The summed E-state index contributed by atoms with van der Waals surface area (Å²) in [5, 5.41) is 0. The van der Waals surface area contributed by atoms with Gasteiger partial charge in [0.1, 0.15) is 21.9 Å². The second-order valence-electron chi connectivity index (χ2n) is 5.06. The molecule has 1 aliphatic rings. The molecule has 4 heteroatoms. The van der Waals surface area contributed by atoms with Crippen LogP contribution in [0.5, 0.6) is 5.75 Å². The average Bonchev–Trinajstić information content (AvgIpc) is 2.71. The summed E-state index contributed by atoms with van der Waals surface area (Å²) in [7, 11) is 0. The largest absolute Gasteiger partial charge is 0.591 e. The first-order chi connectivity index (χ1) is 7.97. The minimum atomic E-state index is -1.20. The molecule has 0 aliphatic carbocycles. The zero-order valence-electron chi connectivity index (χ0n) is 10.4. The molecule has 0 amide bonds. The van der Waals surface area contributed by atoms with E-state index < -0.39 is 11.4 Å². The monoisotopic (exact) mass is 251 g/mol. The Labute approximate surface area is 105 Å². The molecule has 0 saturated heterocycles. The van der Waals surface area contributed by atoms with Gasteiger partial charge in [-0.3, -0.25) is 0 Å². The van der Waals surface area contributed by atoms with Gasteiger partial charge in [0, 0.05) is 6.42 Å². The summed E-state index contributed by atoms with van der Waals surface area (Å²) < 4.78 is 21.0. The number of nitrogens with zero attached hydrogens (tertiary/aromatic N) is 1. The molecule has 0 N–H and O–H groups in total.